The molecule has 0 aliphatic carbocycles. The number of hydrogen-bond acceptors (Lipinski definition) is 5. The van der Waals surface area contributed by atoms with E-state index in [-0.39, 0.29) is 5.91 Å². The number of carbonyl (C=O) groups is 1. The maximum Gasteiger partial charge on any atom is 0.274 e. The SMILES string of the molecule is Cc1ccccc1Nc1ccc(C(=O)Nc2ccc3c(c2)OCCO3)nc1. The van der Waals surface area contributed by atoms with Gasteiger partial charge in [-0.25, -0.2) is 4.98 Å². The van der Waals surface area contributed by atoms with Gasteiger partial charge in [0.2, 0.25) is 0 Å². The fourth-order valence-electron chi connectivity index (χ4n) is 2.79. The highest BCUT2D eigenvalue weighted by molar-refractivity contribution is 6.03. The first kappa shape index (κ1) is 16.9. The molecular formula is C21H19N3O3. The topological polar surface area (TPSA) is 72.5 Å². The van der Waals surface area contributed by atoms with E-state index in [1.807, 2.05) is 37.3 Å². The van der Waals surface area contributed by atoms with Crippen LogP contribution in [0.25, 0.3) is 0 Å². The number of nitrogens with zero attached hydrogens (tertiary/aromatic N) is 1. The van der Waals surface area contributed by atoms with Gasteiger partial charge >= 0.3 is 0 Å². The highest BCUT2D eigenvalue weighted by Crippen LogP contribution is 2.32. The van der Waals surface area contributed by atoms with Gasteiger partial charge in [-0.2, -0.15) is 0 Å². The van der Waals surface area contributed by atoms with Crippen molar-refractivity contribution in [2.45, 2.75) is 6.92 Å². The molecule has 6 nitrogen and oxygen atoms in total. The summed E-state index contributed by atoms with van der Waals surface area (Å²) >= 11 is 0. The molecule has 2 heterocycles. The molecule has 27 heavy (non-hydrogen) atoms. The Hall–Kier alpha value is -3.54. The number of pyridine rings is 1. The zero-order valence-corrected chi connectivity index (χ0v) is 14.9. The summed E-state index contributed by atoms with van der Waals surface area (Å²) < 4.78 is 11.0. The molecule has 0 fully saturated rings. The second kappa shape index (κ2) is 7.37. The van der Waals surface area contributed by atoms with Gasteiger partial charge in [-0.3, -0.25) is 4.79 Å². The average molecular weight is 361 g/mol. The van der Waals surface area contributed by atoms with Gasteiger partial charge in [-0.15, -0.1) is 0 Å². The molecule has 1 aliphatic heterocycles. The van der Waals surface area contributed by atoms with Crippen molar-refractivity contribution in [1.29, 1.82) is 0 Å². The molecule has 0 saturated carbocycles. The summed E-state index contributed by atoms with van der Waals surface area (Å²) in [7, 11) is 0. The summed E-state index contributed by atoms with van der Waals surface area (Å²) in [6.45, 7) is 3.07. The molecule has 0 bridgehead atoms. The number of rotatable bonds is 4. The first-order valence-corrected chi connectivity index (χ1v) is 8.69. The number of nitrogens with one attached hydrogen (secondary N) is 2. The Morgan fingerprint density at radius 1 is 0.963 bits per heavy atom. The number of fused-ring (bicyclic) bond motifs is 1. The molecule has 2 aromatic carbocycles. The van der Waals surface area contributed by atoms with Crippen LogP contribution in [0.3, 0.4) is 0 Å². The molecular weight excluding hydrogens is 342 g/mol. The van der Waals surface area contributed by atoms with Gasteiger partial charge in [0.25, 0.3) is 5.91 Å². The molecule has 0 radical (unpaired) electrons. The van der Waals surface area contributed by atoms with Crippen LogP contribution in [-0.2, 0) is 0 Å². The highest BCUT2D eigenvalue weighted by atomic mass is 16.6. The van der Waals surface area contributed by atoms with Gasteiger partial charge in [0.15, 0.2) is 11.5 Å². The Bertz CT molecular complexity index is 971. The summed E-state index contributed by atoms with van der Waals surface area (Å²) in [5, 5.41) is 6.13. The molecule has 136 valence electrons. The lowest BCUT2D eigenvalue weighted by molar-refractivity contribution is 0.102. The number of hydrogen-bond donors (Lipinski definition) is 2. The van der Waals surface area contributed by atoms with Crippen molar-refractivity contribution < 1.29 is 14.3 Å². The fraction of sp³-hybridized carbons (Fsp3) is 0.143. The van der Waals surface area contributed by atoms with Crippen molar-refractivity contribution in [3.05, 3.63) is 72.1 Å². The van der Waals surface area contributed by atoms with E-state index in [1.165, 1.54) is 0 Å². The Morgan fingerprint density at radius 2 is 1.74 bits per heavy atom. The number of ether oxygens (including phenoxy) is 2. The first-order chi connectivity index (χ1) is 13.2. The Labute approximate surface area is 157 Å². The predicted molar refractivity (Wildman–Crippen MR) is 104 cm³/mol. The van der Waals surface area contributed by atoms with Crippen LogP contribution < -0.4 is 20.1 Å². The maximum absolute atomic E-state index is 12.4. The van der Waals surface area contributed by atoms with Gasteiger partial charge in [0.1, 0.15) is 18.9 Å². The molecule has 0 saturated heterocycles. The lowest BCUT2D eigenvalue weighted by Crippen LogP contribution is -2.17. The van der Waals surface area contributed by atoms with E-state index in [2.05, 4.69) is 15.6 Å². The summed E-state index contributed by atoms with van der Waals surface area (Å²) in [5.41, 5.74) is 3.93. The van der Waals surface area contributed by atoms with Crippen LogP contribution >= 0.6 is 0 Å². The van der Waals surface area contributed by atoms with Crippen LogP contribution in [-0.4, -0.2) is 24.1 Å². The van der Waals surface area contributed by atoms with E-state index >= 15 is 0 Å². The molecule has 6 heteroatoms. The standard InChI is InChI=1S/C21H19N3O3/c1-14-4-2-3-5-17(14)23-16-6-8-18(22-13-16)21(25)24-15-7-9-19-20(12-15)27-11-10-26-19/h2-9,12-13,23H,10-11H2,1H3,(H,24,25). The number of benzene rings is 2. The zero-order chi connectivity index (χ0) is 18.6. The van der Waals surface area contributed by atoms with Crippen LogP contribution in [0.5, 0.6) is 11.5 Å². The van der Waals surface area contributed by atoms with Crippen LogP contribution in [0.4, 0.5) is 17.1 Å². The highest BCUT2D eigenvalue weighted by Gasteiger charge is 2.14. The van der Waals surface area contributed by atoms with Crippen molar-refractivity contribution in [3.8, 4) is 11.5 Å². The third kappa shape index (κ3) is 3.84. The van der Waals surface area contributed by atoms with Gasteiger partial charge < -0.3 is 20.1 Å². The number of amides is 1. The smallest absolute Gasteiger partial charge is 0.274 e. The second-order valence-electron chi connectivity index (χ2n) is 6.18. The van der Waals surface area contributed by atoms with E-state index in [0.29, 0.717) is 36.1 Å². The summed E-state index contributed by atoms with van der Waals surface area (Å²) in [4.78, 5) is 16.7. The largest absolute Gasteiger partial charge is 0.486 e. The Balaban J connectivity index is 1.44. The molecule has 1 aromatic heterocycles. The summed E-state index contributed by atoms with van der Waals surface area (Å²) in [5.74, 6) is 1.03. The van der Waals surface area contributed by atoms with Gasteiger partial charge in [-0.05, 0) is 42.8 Å². The first-order valence-electron chi connectivity index (χ1n) is 8.69. The van der Waals surface area contributed by atoms with Crippen molar-refractivity contribution in [2.24, 2.45) is 0 Å². The van der Waals surface area contributed by atoms with Gasteiger partial charge in [-0.1, -0.05) is 18.2 Å². The molecule has 0 unspecified atom stereocenters. The summed E-state index contributed by atoms with van der Waals surface area (Å²) in [6, 6.07) is 16.8. The quantitative estimate of drug-likeness (QED) is 0.730. The second-order valence-corrected chi connectivity index (χ2v) is 6.18. The van der Waals surface area contributed by atoms with E-state index in [9.17, 15) is 4.79 Å². The Morgan fingerprint density at radius 3 is 2.52 bits per heavy atom. The van der Waals surface area contributed by atoms with Crippen LogP contribution in [0.15, 0.2) is 60.8 Å². The number of anilines is 3. The monoisotopic (exact) mass is 361 g/mol. The minimum atomic E-state index is -0.283. The maximum atomic E-state index is 12.4. The number of para-hydroxylation sites is 1. The average Bonchev–Trinajstić information content (AvgIpc) is 2.70. The van der Waals surface area contributed by atoms with Crippen molar-refractivity contribution in [3.63, 3.8) is 0 Å². The molecule has 0 atom stereocenters. The van der Waals surface area contributed by atoms with E-state index in [1.54, 1.807) is 30.5 Å². The van der Waals surface area contributed by atoms with Gasteiger partial charge in [0.05, 0.1) is 11.9 Å². The summed E-state index contributed by atoms with van der Waals surface area (Å²) in [6.07, 6.45) is 1.64. The minimum Gasteiger partial charge on any atom is -0.486 e. The van der Waals surface area contributed by atoms with Crippen molar-refractivity contribution >= 4 is 23.0 Å². The number of aryl methyl sites for hydroxylation is 1. The number of aromatic nitrogens is 1. The lowest BCUT2D eigenvalue weighted by atomic mass is 10.2. The fourth-order valence-corrected chi connectivity index (χ4v) is 2.79. The van der Waals surface area contributed by atoms with Crippen molar-refractivity contribution in [2.75, 3.05) is 23.8 Å². The van der Waals surface area contributed by atoms with Crippen LogP contribution in [0, 0.1) is 6.92 Å². The van der Waals surface area contributed by atoms with Crippen LogP contribution in [0.1, 0.15) is 16.1 Å². The third-order valence-electron chi connectivity index (χ3n) is 4.22. The van der Waals surface area contributed by atoms with Gasteiger partial charge in [0, 0.05) is 17.4 Å². The molecule has 1 amide bonds. The number of carbonyl (C=O) groups excluding carboxylic acids is 1. The molecule has 2 N–H and O–H groups in total. The van der Waals surface area contributed by atoms with Crippen LogP contribution in [0.2, 0.25) is 0 Å². The van der Waals surface area contributed by atoms with Crippen molar-refractivity contribution in [1.82, 2.24) is 4.98 Å². The predicted octanol–water partition coefficient (Wildman–Crippen LogP) is 4.16. The van der Waals surface area contributed by atoms with E-state index in [0.717, 1.165) is 16.9 Å². The normalized spacial score (nSPS) is 12.3. The zero-order valence-electron chi connectivity index (χ0n) is 14.9. The molecule has 4 rings (SSSR count). The molecule has 1 aliphatic rings. The minimum absolute atomic E-state index is 0.283. The lowest BCUT2D eigenvalue weighted by Gasteiger charge is -2.19. The molecule has 0 spiro atoms. The van der Waals surface area contributed by atoms with E-state index < -0.39 is 0 Å². The molecule has 3 aromatic rings. The van der Waals surface area contributed by atoms with E-state index in [4.69, 9.17) is 9.47 Å². The third-order valence-corrected chi connectivity index (χ3v) is 4.22. The Kier molecular flexibility index (Phi) is 4.61.